The number of rotatable bonds is 3. The van der Waals surface area contributed by atoms with Crippen LogP contribution < -0.4 is 0 Å². The third-order valence-electron chi connectivity index (χ3n) is 2.21. The summed E-state index contributed by atoms with van der Waals surface area (Å²) in [5.74, 6) is 0.0735. The molecular formula is C8H13NO3S. The van der Waals surface area contributed by atoms with Crippen molar-refractivity contribution in [3.05, 3.63) is 0 Å². The third kappa shape index (κ3) is 2.42. The molecule has 74 valence electrons. The molecule has 1 aliphatic heterocycles. The fraction of sp³-hybridized carbons (Fsp3) is 0.875. The lowest BCUT2D eigenvalue weighted by Gasteiger charge is -2.17. The number of ether oxygens (including phenoxy) is 1. The maximum atomic E-state index is 11.2. The average molecular weight is 203 g/mol. The SMILES string of the molecule is CCOCC1(C#N)CCS(=O)(=O)C1. The van der Waals surface area contributed by atoms with Gasteiger partial charge in [-0.25, -0.2) is 8.42 Å². The van der Waals surface area contributed by atoms with Gasteiger partial charge in [-0.1, -0.05) is 0 Å². The number of nitriles is 1. The summed E-state index contributed by atoms with van der Waals surface area (Å²) < 4.78 is 27.4. The zero-order valence-electron chi connectivity index (χ0n) is 7.62. The molecule has 1 heterocycles. The van der Waals surface area contributed by atoms with Gasteiger partial charge in [-0.2, -0.15) is 5.26 Å². The van der Waals surface area contributed by atoms with Crippen LogP contribution in [0.1, 0.15) is 13.3 Å². The largest absolute Gasteiger partial charge is 0.380 e. The Morgan fingerprint density at radius 3 is 2.69 bits per heavy atom. The van der Waals surface area contributed by atoms with Gasteiger partial charge in [0.15, 0.2) is 9.84 Å². The van der Waals surface area contributed by atoms with Gasteiger partial charge in [0.1, 0.15) is 0 Å². The van der Waals surface area contributed by atoms with E-state index >= 15 is 0 Å². The van der Waals surface area contributed by atoms with E-state index in [-0.39, 0.29) is 18.1 Å². The van der Waals surface area contributed by atoms with E-state index in [2.05, 4.69) is 6.07 Å². The lowest BCUT2D eigenvalue weighted by Crippen LogP contribution is -2.26. The Labute approximate surface area is 78.4 Å². The Balaban J connectivity index is 2.70. The molecule has 1 atom stereocenters. The van der Waals surface area contributed by atoms with Crippen molar-refractivity contribution in [2.45, 2.75) is 13.3 Å². The van der Waals surface area contributed by atoms with Crippen LogP contribution in [0.3, 0.4) is 0 Å². The predicted molar refractivity (Wildman–Crippen MR) is 47.8 cm³/mol. The quantitative estimate of drug-likeness (QED) is 0.663. The molecular weight excluding hydrogens is 190 g/mol. The fourth-order valence-electron chi connectivity index (χ4n) is 1.45. The van der Waals surface area contributed by atoms with Gasteiger partial charge in [0.2, 0.25) is 0 Å². The highest BCUT2D eigenvalue weighted by Gasteiger charge is 2.42. The second-order valence-electron chi connectivity index (χ2n) is 3.37. The molecule has 0 aromatic heterocycles. The molecule has 0 amide bonds. The van der Waals surface area contributed by atoms with Gasteiger partial charge in [-0.05, 0) is 13.3 Å². The van der Waals surface area contributed by atoms with Crippen LogP contribution in [0.25, 0.3) is 0 Å². The smallest absolute Gasteiger partial charge is 0.152 e. The van der Waals surface area contributed by atoms with Gasteiger partial charge in [-0.15, -0.1) is 0 Å². The summed E-state index contributed by atoms with van der Waals surface area (Å²) in [5, 5.41) is 8.88. The highest BCUT2D eigenvalue weighted by Crippen LogP contribution is 2.31. The van der Waals surface area contributed by atoms with Gasteiger partial charge in [0.05, 0.1) is 29.6 Å². The first kappa shape index (κ1) is 10.5. The van der Waals surface area contributed by atoms with E-state index in [0.29, 0.717) is 13.0 Å². The minimum Gasteiger partial charge on any atom is -0.380 e. The van der Waals surface area contributed by atoms with Crippen LogP contribution in [-0.4, -0.2) is 33.1 Å². The minimum absolute atomic E-state index is 0.0451. The van der Waals surface area contributed by atoms with Crippen LogP contribution in [0.5, 0.6) is 0 Å². The van der Waals surface area contributed by atoms with Crippen LogP contribution in [0.15, 0.2) is 0 Å². The zero-order valence-corrected chi connectivity index (χ0v) is 8.43. The first-order valence-electron chi connectivity index (χ1n) is 4.23. The number of hydrogen-bond donors (Lipinski definition) is 0. The van der Waals surface area contributed by atoms with Crippen molar-refractivity contribution in [2.24, 2.45) is 5.41 Å². The Bertz CT molecular complexity index is 317. The van der Waals surface area contributed by atoms with Gasteiger partial charge in [0, 0.05) is 6.61 Å². The molecule has 1 aliphatic rings. The second-order valence-corrected chi connectivity index (χ2v) is 5.56. The van der Waals surface area contributed by atoms with Crippen molar-refractivity contribution in [3.8, 4) is 6.07 Å². The van der Waals surface area contributed by atoms with E-state index in [0.717, 1.165) is 0 Å². The van der Waals surface area contributed by atoms with Crippen LogP contribution in [-0.2, 0) is 14.6 Å². The predicted octanol–water partition coefficient (Wildman–Crippen LogP) is 0.351. The summed E-state index contributed by atoms with van der Waals surface area (Å²) in [6, 6.07) is 2.06. The van der Waals surface area contributed by atoms with E-state index in [1.165, 1.54) is 0 Å². The van der Waals surface area contributed by atoms with E-state index < -0.39 is 15.3 Å². The molecule has 1 unspecified atom stereocenters. The molecule has 0 aromatic rings. The molecule has 0 bridgehead atoms. The molecule has 1 rings (SSSR count). The Morgan fingerprint density at radius 2 is 2.31 bits per heavy atom. The molecule has 1 saturated heterocycles. The summed E-state index contributed by atoms with van der Waals surface area (Å²) in [5.41, 5.74) is -0.783. The summed E-state index contributed by atoms with van der Waals surface area (Å²) in [7, 11) is -3.00. The van der Waals surface area contributed by atoms with Gasteiger partial charge in [0.25, 0.3) is 0 Å². The number of sulfone groups is 1. The van der Waals surface area contributed by atoms with Crippen molar-refractivity contribution in [3.63, 3.8) is 0 Å². The fourth-order valence-corrected chi connectivity index (χ4v) is 3.43. The zero-order chi connectivity index (χ0) is 9.95. The van der Waals surface area contributed by atoms with Gasteiger partial charge in [-0.3, -0.25) is 0 Å². The maximum Gasteiger partial charge on any atom is 0.152 e. The first-order valence-corrected chi connectivity index (χ1v) is 6.05. The minimum atomic E-state index is -3.00. The average Bonchev–Trinajstić information content (AvgIpc) is 2.40. The molecule has 0 radical (unpaired) electrons. The standard InChI is InChI=1S/C8H13NO3S/c1-2-12-6-8(5-9)3-4-13(10,11)7-8/h2-4,6-7H2,1H3. The molecule has 0 aliphatic carbocycles. The normalized spacial score (nSPS) is 31.4. The van der Waals surface area contributed by atoms with Crippen LogP contribution in [0, 0.1) is 16.7 Å². The topological polar surface area (TPSA) is 67.2 Å². The monoisotopic (exact) mass is 203 g/mol. The Hall–Kier alpha value is -0.600. The third-order valence-corrected chi connectivity index (χ3v) is 4.03. The van der Waals surface area contributed by atoms with Crippen LogP contribution in [0.2, 0.25) is 0 Å². The summed E-state index contributed by atoms with van der Waals surface area (Å²) >= 11 is 0. The molecule has 0 spiro atoms. The van der Waals surface area contributed by atoms with Gasteiger partial charge < -0.3 is 4.74 Å². The number of hydrogen-bond acceptors (Lipinski definition) is 4. The molecule has 1 fully saturated rings. The molecule has 0 aromatic carbocycles. The number of nitrogens with zero attached hydrogens (tertiary/aromatic N) is 1. The van der Waals surface area contributed by atoms with Gasteiger partial charge >= 0.3 is 0 Å². The van der Waals surface area contributed by atoms with E-state index in [1.807, 2.05) is 6.92 Å². The second kappa shape index (κ2) is 3.64. The molecule has 4 nitrogen and oxygen atoms in total. The lowest BCUT2D eigenvalue weighted by atomic mass is 9.91. The van der Waals surface area contributed by atoms with Crippen molar-refractivity contribution in [2.75, 3.05) is 24.7 Å². The summed E-state index contributed by atoms with van der Waals surface area (Å²) in [6.45, 7) is 2.58. The van der Waals surface area contributed by atoms with Crippen molar-refractivity contribution >= 4 is 9.84 Å². The lowest BCUT2D eigenvalue weighted by molar-refractivity contribution is 0.0918. The Kier molecular flexibility index (Phi) is 2.94. The Morgan fingerprint density at radius 1 is 1.62 bits per heavy atom. The van der Waals surface area contributed by atoms with Crippen LogP contribution in [0.4, 0.5) is 0 Å². The van der Waals surface area contributed by atoms with Crippen molar-refractivity contribution < 1.29 is 13.2 Å². The van der Waals surface area contributed by atoms with Crippen molar-refractivity contribution in [1.29, 1.82) is 5.26 Å². The maximum absolute atomic E-state index is 11.2. The van der Waals surface area contributed by atoms with E-state index in [9.17, 15) is 8.42 Å². The highest BCUT2D eigenvalue weighted by molar-refractivity contribution is 7.91. The molecule has 13 heavy (non-hydrogen) atoms. The molecule has 0 saturated carbocycles. The van der Waals surface area contributed by atoms with Crippen molar-refractivity contribution in [1.82, 2.24) is 0 Å². The molecule has 0 N–H and O–H groups in total. The highest BCUT2D eigenvalue weighted by atomic mass is 32.2. The molecule has 5 heteroatoms. The van der Waals surface area contributed by atoms with E-state index in [1.54, 1.807) is 0 Å². The summed E-state index contributed by atoms with van der Waals surface area (Å²) in [6.07, 6.45) is 0.409. The first-order chi connectivity index (χ1) is 6.04. The van der Waals surface area contributed by atoms with E-state index in [4.69, 9.17) is 10.00 Å². The van der Waals surface area contributed by atoms with Crippen LogP contribution >= 0.6 is 0 Å². The summed E-state index contributed by atoms with van der Waals surface area (Å²) in [4.78, 5) is 0.